The average molecular weight is 434 g/mol. The largest absolute Gasteiger partial charge is 0.340 e. The van der Waals surface area contributed by atoms with E-state index in [0.717, 1.165) is 26.8 Å². The zero-order chi connectivity index (χ0) is 19.7. The molecule has 0 bridgehead atoms. The van der Waals surface area contributed by atoms with Crippen LogP contribution in [0.1, 0.15) is 38.9 Å². The average Bonchev–Trinajstić information content (AvgIpc) is 3.03. The summed E-state index contributed by atoms with van der Waals surface area (Å²) in [7, 11) is 0. The highest BCUT2D eigenvalue weighted by molar-refractivity contribution is 9.10. The predicted molar refractivity (Wildman–Crippen MR) is 115 cm³/mol. The van der Waals surface area contributed by atoms with Crippen molar-refractivity contribution in [1.29, 1.82) is 0 Å². The highest BCUT2D eigenvalue weighted by atomic mass is 79.9. The van der Waals surface area contributed by atoms with E-state index in [1.165, 1.54) is 0 Å². The lowest BCUT2D eigenvalue weighted by Gasteiger charge is -2.20. The molecule has 0 fully saturated rings. The monoisotopic (exact) mass is 433 g/mol. The molecule has 0 atom stereocenters. The van der Waals surface area contributed by atoms with Crippen LogP contribution in [0.4, 0.5) is 0 Å². The van der Waals surface area contributed by atoms with E-state index in [4.69, 9.17) is 0 Å². The number of aryl methyl sites for hydroxylation is 2. The molecule has 0 aliphatic heterocycles. The van der Waals surface area contributed by atoms with Gasteiger partial charge >= 0.3 is 0 Å². The van der Waals surface area contributed by atoms with Gasteiger partial charge in [-0.25, -0.2) is 4.98 Å². The first-order chi connectivity index (χ1) is 13.5. The lowest BCUT2D eigenvalue weighted by Crippen LogP contribution is -2.30. The number of rotatable bonds is 4. The molecule has 0 aliphatic carbocycles. The molecule has 4 nitrogen and oxygen atoms in total. The number of hydrogen-bond donors (Lipinski definition) is 1. The summed E-state index contributed by atoms with van der Waals surface area (Å²) in [6.45, 7) is 3.86. The molecule has 2 aromatic carbocycles. The summed E-state index contributed by atoms with van der Waals surface area (Å²) in [4.78, 5) is 17.9. The Morgan fingerprint density at radius 1 is 1.00 bits per heavy atom. The molecule has 4 rings (SSSR count). The van der Waals surface area contributed by atoms with Crippen LogP contribution in [0.15, 0.2) is 77.4 Å². The topological polar surface area (TPSA) is 46.4 Å². The van der Waals surface area contributed by atoms with Crippen molar-refractivity contribution in [1.82, 2.24) is 14.7 Å². The van der Waals surface area contributed by atoms with Gasteiger partial charge in [-0.05, 0) is 52.5 Å². The van der Waals surface area contributed by atoms with E-state index in [1.54, 1.807) is 0 Å². The molecular formula is C23H20BrN3O. The Morgan fingerprint density at radius 3 is 2.14 bits per heavy atom. The van der Waals surface area contributed by atoms with Crippen molar-refractivity contribution >= 4 is 27.5 Å². The molecular weight excluding hydrogens is 414 g/mol. The molecule has 0 spiro atoms. The van der Waals surface area contributed by atoms with Gasteiger partial charge < -0.3 is 5.32 Å². The number of hydrogen-bond acceptors (Lipinski definition) is 2. The third-order valence-electron chi connectivity index (χ3n) is 4.80. The SMILES string of the molecule is Cc1nc2c(C)cc(Br)cn2c1C(=O)NC(c1ccccc1)c1ccccc1. The molecule has 4 aromatic rings. The number of carbonyl (C=O) groups excluding carboxylic acids is 1. The molecule has 2 heterocycles. The van der Waals surface area contributed by atoms with Crippen LogP contribution in [0.5, 0.6) is 0 Å². The molecule has 2 aromatic heterocycles. The highest BCUT2D eigenvalue weighted by Gasteiger charge is 2.22. The van der Waals surface area contributed by atoms with Crippen molar-refractivity contribution in [3.8, 4) is 0 Å². The number of aromatic nitrogens is 2. The van der Waals surface area contributed by atoms with E-state index >= 15 is 0 Å². The number of benzene rings is 2. The zero-order valence-electron chi connectivity index (χ0n) is 15.7. The summed E-state index contributed by atoms with van der Waals surface area (Å²) >= 11 is 3.52. The maximum atomic E-state index is 13.3. The number of fused-ring (bicyclic) bond motifs is 1. The van der Waals surface area contributed by atoms with Gasteiger partial charge in [-0.1, -0.05) is 60.7 Å². The van der Waals surface area contributed by atoms with E-state index in [1.807, 2.05) is 91.2 Å². The molecule has 0 radical (unpaired) electrons. The van der Waals surface area contributed by atoms with Crippen LogP contribution in [-0.2, 0) is 0 Å². The smallest absolute Gasteiger partial charge is 0.270 e. The first-order valence-electron chi connectivity index (χ1n) is 9.10. The van der Waals surface area contributed by atoms with Crippen molar-refractivity contribution in [2.24, 2.45) is 0 Å². The first-order valence-corrected chi connectivity index (χ1v) is 9.89. The second-order valence-corrected chi connectivity index (χ2v) is 7.72. The Labute approximate surface area is 172 Å². The van der Waals surface area contributed by atoms with E-state index in [9.17, 15) is 4.79 Å². The van der Waals surface area contributed by atoms with Gasteiger partial charge in [0.1, 0.15) is 11.3 Å². The number of nitrogens with zero attached hydrogens (tertiary/aromatic N) is 2. The standard InChI is InChI=1S/C23H20BrN3O/c1-15-13-19(24)14-27-21(16(2)25-22(15)27)23(28)26-20(17-9-5-3-6-10-17)18-11-7-4-8-12-18/h3-14,20H,1-2H3,(H,26,28). The van der Waals surface area contributed by atoms with Gasteiger partial charge in [0.25, 0.3) is 5.91 Å². The number of imidazole rings is 1. The summed E-state index contributed by atoms with van der Waals surface area (Å²) in [6, 6.07) is 21.8. The lowest BCUT2D eigenvalue weighted by atomic mass is 9.98. The van der Waals surface area contributed by atoms with E-state index in [0.29, 0.717) is 11.4 Å². The zero-order valence-corrected chi connectivity index (χ0v) is 17.3. The molecule has 140 valence electrons. The number of nitrogens with one attached hydrogen (secondary N) is 1. The van der Waals surface area contributed by atoms with Crippen LogP contribution in [0, 0.1) is 13.8 Å². The third kappa shape index (κ3) is 3.45. The van der Waals surface area contributed by atoms with Crippen LogP contribution in [-0.4, -0.2) is 15.3 Å². The summed E-state index contributed by atoms with van der Waals surface area (Å²) < 4.78 is 2.77. The van der Waals surface area contributed by atoms with Crippen LogP contribution < -0.4 is 5.32 Å². The fourth-order valence-corrected chi connectivity index (χ4v) is 4.05. The van der Waals surface area contributed by atoms with E-state index < -0.39 is 0 Å². The minimum atomic E-state index is -0.243. The maximum absolute atomic E-state index is 13.3. The van der Waals surface area contributed by atoms with Crippen molar-refractivity contribution in [2.45, 2.75) is 19.9 Å². The Balaban J connectivity index is 1.77. The second-order valence-electron chi connectivity index (χ2n) is 6.81. The minimum absolute atomic E-state index is 0.153. The van der Waals surface area contributed by atoms with Crippen LogP contribution >= 0.6 is 15.9 Å². The van der Waals surface area contributed by atoms with Gasteiger partial charge in [0.05, 0.1) is 11.7 Å². The predicted octanol–water partition coefficient (Wildman–Crippen LogP) is 5.23. The first kappa shape index (κ1) is 18.4. The van der Waals surface area contributed by atoms with Crippen molar-refractivity contribution in [3.05, 3.63) is 105 Å². The van der Waals surface area contributed by atoms with Crippen LogP contribution in [0.3, 0.4) is 0 Å². The maximum Gasteiger partial charge on any atom is 0.270 e. The van der Waals surface area contributed by atoms with Gasteiger partial charge in [-0.15, -0.1) is 0 Å². The molecule has 1 N–H and O–H groups in total. The van der Waals surface area contributed by atoms with Crippen LogP contribution in [0.2, 0.25) is 0 Å². The Kier molecular flexibility index (Phi) is 5.01. The Morgan fingerprint density at radius 2 is 1.57 bits per heavy atom. The van der Waals surface area contributed by atoms with Gasteiger partial charge in [-0.3, -0.25) is 9.20 Å². The molecule has 5 heteroatoms. The molecule has 0 saturated heterocycles. The summed E-state index contributed by atoms with van der Waals surface area (Å²) in [6.07, 6.45) is 1.89. The molecule has 0 aliphatic rings. The highest BCUT2D eigenvalue weighted by Crippen LogP contribution is 2.24. The summed E-state index contributed by atoms with van der Waals surface area (Å²) in [5.74, 6) is -0.153. The van der Waals surface area contributed by atoms with Gasteiger partial charge in [0.15, 0.2) is 0 Å². The molecule has 28 heavy (non-hydrogen) atoms. The fourth-order valence-electron chi connectivity index (χ4n) is 3.50. The second kappa shape index (κ2) is 7.60. The normalized spacial score (nSPS) is 11.1. The van der Waals surface area contributed by atoms with Crippen molar-refractivity contribution in [3.63, 3.8) is 0 Å². The molecule has 0 unspecified atom stereocenters. The Hall–Kier alpha value is -2.92. The van der Waals surface area contributed by atoms with Crippen molar-refractivity contribution < 1.29 is 4.79 Å². The van der Waals surface area contributed by atoms with Gasteiger partial charge in [-0.2, -0.15) is 0 Å². The molecule has 0 saturated carbocycles. The summed E-state index contributed by atoms with van der Waals surface area (Å²) in [5, 5.41) is 3.21. The molecule has 1 amide bonds. The number of halogens is 1. The minimum Gasteiger partial charge on any atom is -0.340 e. The van der Waals surface area contributed by atoms with Gasteiger partial charge in [0.2, 0.25) is 0 Å². The van der Waals surface area contributed by atoms with E-state index in [-0.39, 0.29) is 11.9 Å². The quantitative estimate of drug-likeness (QED) is 0.478. The fraction of sp³-hybridized carbons (Fsp3) is 0.130. The van der Waals surface area contributed by atoms with Gasteiger partial charge in [0, 0.05) is 10.7 Å². The van der Waals surface area contributed by atoms with E-state index in [2.05, 4.69) is 26.2 Å². The van der Waals surface area contributed by atoms with Crippen LogP contribution in [0.25, 0.3) is 5.65 Å². The third-order valence-corrected chi connectivity index (χ3v) is 5.23. The number of pyridine rings is 1. The number of amides is 1. The number of carbonyl (C=O) groups is 1. The Bertz CT molecular complexity index is 1100. The summed E-state index contributed by atoms with van der Waals surface area (Å²) in [5.41, 5.74) is 5.13. The van der Waals surface area contributed by atoms with Crippen molar-refractivity contribution in [2.75, 3.05) is 0 Å². The lowest BCUT2D eigenvalue weighted by molar-refractivity contribution is 0.0936.